The summed E-state index contributed by atoms with van der Waals surface area (Å²) in [6, 6.07) is 15.1. The van der Waals surface area contributed by atoms with Crippen LogP contribution in [0.5, 0.6) is 0 Å². The normalized spacial score (nSPS) is 11.9. The molecule has 6 nitrogen and oxygen atoms in total. The number of hydrogen-bond acceptors (Lipinski definition) is 3. The highest BCUT2D eigenvalue weighted by atomic mass is 16.2. The van der Waals surface area contributed by atoms with E-state index in [1.807, 2.05) is 49.4 Å². The van der Waals surface area contributed by atoms with Crippen molar-refractivity contribution in [2.75, 3.05) is 0 Å². The predicted molar refractivity (Wildman–Crippen MR) is 91.7 cm³/mol. The summed E-state index contributed by atoms with van der Waals surface area (Å²) in [6.45, 7) is 3.80. The summed E-state index contributed by atoms with van der Waals surface area (Å²) in [5.74, 6) is 0.171. The predicted octanol–water partition coefficient (Wildman–Crippen LogP) is 2.56. The lowest BCUT2D eigenvalue weighted by atomic mass is 9.99. The molecule has 3 aromatic rings. The van der Waals surface area contributed by atoms with E-state index < -0.39 is 11.7 Å². The highest BCUT2D eigenvalue weighted by molar-refractivity contribution is 5.95. The molecule has 0 spiro atoms. The van der Waals surface area contributed by atoms with Crippen molar-refractivity contribution in [1.29, 1.82) is 0 Å². The minimum absolute atomic E-state index is 0.221. The Hall–Kier alpha value is -3.15. The van der Waals surface area contributed by atoms with E-state index in [-0.39, 0.29) is 5.91 Å². The van der Waals surface area contributed by atoms with E-state index in [9.17, 15) is 9.59 Å². The van der Waals surface area contributed by atoms with Gasteiger partial charge < -0.3 is 5.32 Å². The molecule has 2 aromatic carbocycles. The van der Waals surface area contributed by atoms with Gasteiger partial charge in [-0.1, -0.05) is 36.4 Å². The van der Waals surface area contributed by atoms with Gasteiger partial charge in [0.05, 0.1) is 6.04 Å². The van der Waals surface area contributed by atoms with Crippen LogP contribution in [-0.2, 0) is 0 Å². The van der Waals surface area contributed by atoms with Gasteiger partial charge in [0.15, 0.2) is 5.82 Å². The second kappa shape index (κ2) is 6.54. The first-order chi connectivity index (χ1) is 11.5. The molecule has 0 aliphatic carbocycles. The fourth-order valence-corrected chi connectivity index (χ4v) is 2.56. The van der Waals surface area contributed by atoms with Crippen molar-refractivity contribution in [3.8, 4) is 11.1 Å². The van der Waals surface area contributed by atoms with Crippen molar-refractivity contribution in [3.05, 3.63) is 76.0 Å². The quantitative estimate of drug-likeness (QED) is 0.689. The van der Waals surface area contributed by atoms with Crippen LogP contribution in [0.2, 0.25) is 0 Å². The molecule has 1 atom stereocenters. The number of hydrogen-bond donors (Lipinski definition) is 3. The number of benzene rings is 2. The maximum Gasteiger partial charge on any atom is 0.340 e. The molecule has 1 amide bonds. The molecule has 0 fully saturated rings. The second-order valence-electron chi connectivity index (χ2n) is 5.65. The smallest absolute Gasteiger partial charge is 0.340 e. The molecule has 0 saturated heterocycles. The standard InChI is InChI=1S/C18H18N4O2/c1-11-6-3-4-9-15(11)13-7-5-8-14(10-13)17(23)19-12(2)16-20-18(24)22-21-16/h3-10,12H,1-2H3,(H,19,23)(H2,20,21,22,24)/t12-/m1/s1. The molecule has 0 radical (unpaired) electrons. The van der Waals surface area contributed by atoms with E-state index in [1.165, 1.54) is 0 Å². The summed E-state index contributed by atoms with van der Waals surface area (Å²) >= 11 is 0. The van der Waals surface area contributed by atoms with Crippen LogP contribution in [0.4, 0.5) is 0 Å². The van der Waals surface area contributed by atoms with Gasteiger partial charge in [0.1, 0.15) is 0 Å². The van der Waals surface area contributed by atoms with Crippen molar-refractivity contribution in [1.82, 2.24) is 20.5 Å². The van der Waals surface area contributed by atoms with Gasteiger partial charge in [-0.3, -0.25) is 9.78 Å². The van der Waals surface area contributed by atoms with E-state index in [4.69, 9.17) is 0 Å². The molecule has 24 heavy (non-hydrogen) atoms. The number of nitrogens with zero attached hydrogens (tertiary/aromatic N) is 1. The fourth-order valence-electron chi connectivity index (χ4n) is 2.56. The summed E-state index contributed by atoms with van der Waals surface area (Å²) in [6.07, 6.45) is 0. The Labute approximate surface area is 138 Å². The highest BCUT2D eigenvalue weighted by Crippen LogP contribution is 2.24. The van der Waals surface area contributed by atoms with Crippen LogP contribution < -0.4 is 11.0 Å². The average molecular weight is 322 g/mol. The summed E-state index contributed by atoms with van der Waals surface area (Å²) < 4.78 is 0. The van der Waals surface area contributed by atoms with Gasteiger partial charge in [0.25, 0.3) is 5.91 Å². The molecular weight excluding hydrogens is 304 g/mol. The van der Waals surface area contributed by atoms with Crippen LogP contribution >= 0.6 is 0 Å². The molecule has 0 bridgehead atoms. The van der Waals surface area contributed by atoms with Gasteiger partial charge in [0, 0.05) is 5.56 Å². The van der Waals surface area contributed by atoms with Crippen molar-refractivity contribution in [2.24, 2.45) is 0 Å². The van der Waals surface area contributed by atoms with Crippen LogP contribution in [0, 0.1) is 6.92 Å². The Kier molecular flexibility index (Phi) is 4.29. The van der Waals surface area contributed by atoms with Crippen LogP contribution in [0.3, 0.4) is 0 Å². The SMILES string of the molecule is Cc1ccccc1-c1cccc(C(=O)N[C@H](C)c2n[nH]c(=O)[nH]2)c1. The maximum absolute atomic E-state index is 12.5. The van der Waals surface area contributed by atoms with Gasteiger partial charge >= 0.3 is 5.69 Å². The zero-order valence-electron chi connectivity index (χ0n) is 13.5. The van der Waals surface area contributed by atoms with Crippen LogP contribution in [0.25, 0.3) is 11.1 Å². The molecular formula is C18H18N4O2. The maximum atomic E-state index is 12.5. The third-order valence-electron chi connectivity index (χ3n) is 3.86. The summed E-state index contributed by atoms with van der Waals surface area (Å²) in [5, 5.41) is 8.95. The van der Waals surface area contributed by atoms with Crippen LogP contribution in [-0.4, -0.2) is 21.1 Å². The number of carbonyl (C=O) groups is 1. The zero-order valence-corrected chi connectivity index (χ0v) is 13.5. The Bertz CT molecular complexity index is 926. The number of aromatic nitrogens is 3. The lowest BCUT2D eigenvalue weighted by Gasteiger charge is -2.12. The minimum atomic E-state index is -0.404. The number of carbonyl (C=O) groups excluding carboxylic acids is 1. The minimum Gasteiger partial charge on any atom is -0.342 e. The van der Waals surface area contributed by atoms with Crippen molar-refractivity contribution >= 4 is 5.91 Å². The summed E-state index contributed by atoms with van der Waals surface area (Å²) in [4.78, 5) is 26.1. The Morgan fingerprint density at radius 3 is 2.67 bits per heavy atom. The molecule has 122 valence electrons. The van der Waals surface area contributed by atoms with Crippen molar-refractivity contribution in [3.63, 3.8) is 0 Å². The number of rotatable bonds is 4. The lowest BCUT2D eigenvalue weighted by Crippen LogP contribution is -2.27. The van der Waals surface area contributed by atoms with Crippen molar-refractivity contribution < 1.29 is 4.79 Å². The molecule has 3 N–H and O–H groups in total. The molecule has 0 aliphatic rings. The summed E-state index contributed by atoms with van der Waals surface area (Å²) in [7, 11) is 0. The number of aryl methyl sites for hydroxylation is 1. The fraction of sp³-hybridized carbons (Fsp3) is 0.167. The molecule has 0 aliphatic heterocycles. The Morgan fingerprint density at radius 2 is 1.96 bits per heavy atom. The largest absolute Gasteiger partial charge is 0.342 e. The lowest BCUT2D eigenvalue weighted by molar-refractivity contribution is 0.0938. The molecule has 0 saturated carbocycles. The van der Waals surface area contributed by atoms with E-state index in [0.29, 0.717) is 11.4 Å². The number of amides is 1. The highest BCUT2D eigenvalue weighted by Gasteiger charge is 2.15. The molecule has 1 heterocycles. The van der Waals surface area contributed by atoms with E-state index in [1.54, 1.807) is 13.0 Å². The van der Waals surface area contributed by atoms with Gasteiger partial charge in [-0.25, -0.2) is 9.89 Å². The zero-order chi connectivity index (χ0) is 17.1. The van der Waals surface area contributed by atoms with Crippen LogP contribution in [0.1, 0.15) is 34.7 Å². The first kappa shape index (κ1) is 15.7. The van der Waals surface area contributed by atoms with Gasteiger partial charge in [-0.2, -0.15) is 5.10 Å². The Balaban J connectivity index is 1.82. The van der Waals surface area contributed by atoms with Gasteiger partial charge in [0.2, 0.25) is 0 Å². The molecule has 6 heteroatoms. The Morgan fingerprint density at radius 1 is 1.17 bits per heavy atom. The topological polar surface area (TPSA) is 90.6 Å². The van der Waals surface area contributed by atoms with Gasteiger partial charge in [-0.15, -0.1) is 0 Å². The van der Waals surface area contributed by atoms with E-state index >= 15 is 0 Å². The number of H-pyrrole nitrogens is 2. The third-order valence-corrected chi connectivity index (χ3v) is 3.86. The first-order valence-corrected chi connectivity index (χ1v) is 7.66. The molecule has 0 unspecified atom stereocenters. The third kappa shape index (κ3) is 3.27. The van der Waals surface area contributed by atoms with E-state index in [0.717, 1.165) is 16.7 Å². The van der Waals surface area contributed by atoms with Crippen molar-refractivity contribution in [2.45, 2.75) is 19.9 Å². The number of aromatic amines is 2. The second-order valence-corrected chi connectivity index (χ2v) is 5.65. The first-order valence-electron chi connectivity index (χ1n) is 7.66. The van der Waals surface area contributed by atoms with Gasteiger partial charge in [-0.05, 0) is 42.7 Å². The summed E-state index contributed by atoms with van der Waals surface area (Å²) in [5.41, 5.74) is 3.39. The monoisotopic (exact) mass is 322 g/mol. The average Bonchev–Trinajstić information content (AvgIpc) is 3.02. The van der Waals surface area contributed by atoms with E-state index in [2.05, 4.69) is 20.5 Å². The van der Waals surface area contributed by atoms with Crippen LogP contribution in [0.15, 0.2) is 53.3 Å². The number of nitrogens with one attached hydrogen (secondary N) is 3. The molecule has 1 aromatic heterocycles. The molecule has 3 rings (SSSR count).